The van der Waals surface area contributed by atoms with Gasteiger partial charge in [-0.25, -0.2) is 9.59 Å². The molecule has 2 bridgehead atoms. The number of benzene rings is 1. The fraction of sp³-hybridized carbons (Fsp3) is 0.538. The number of nitrogens with zero attached hydrogens (tertiary/aromatic N) is 5. The number of amides is 3. The van der Waals surface area contributed by atoms with E-state index in [1.165, 1.54) is 10.1 Å². The van der Waals surface area contributed by atoms with Crippen LogP contribution in [0.4, 0.5) is 10.6 Å². The highest BCUT2D eigenvalue weighted by atomic mass is 35.5. The summed E-state index contributed by atoms with van der Waals surface area (Å²) in [6.07, 6.45) is 4.38. The smallest absolute Gasteiger partial charge is 0.334 e. The first-order valence-corrected chi connectivity index (χ1v) is 12.9. The maximum Gasteiger partial charge on any atom is 0.354 e. The molecule has 11 nitrogen and oxygen atoms in total. The Morgan fingerprint density at radius 2 is 1.68 bits per heavy atom. The van der Waals surface area contributed by atoms with Gasteiger partial charge in [-0.3, -0.25) is 19.6 Å². The number of piperidine rings is 1. The maximum atomic E-state index is 12.9. The Morgan fingerprint density at radius 3 is 2.26 bits per heavy atom. The Kier molecular flexibility index (Phi) is 8.12. The van der Waals surface area contributed by atoms with Crippen molar-refractivity contribution >= 4 is 30.2 Å². The van der Waals surface area contributed by atoms with Crippen LogP contribution in [0, 0.1) is 0 Å². The molecule has 38 heavy (non-hydrogen) atoms. The largest absolute Gasteiger partial charge is 0.354 e. The molecule has 0 spiro atoms. The van der Waals surface area contributed by atoms with E-state index in [9.17, 15) is 14.4 Å². The second-order valence-electron chi connectivity index (χ2n) is 11.1. The molecule has 4 heterocycles. The Morgan fingerprint density at radius 1 is 1.05 bits per heavy atom. The highest BCUT2D eigenvalue weighted by Gasteiger charge is 2.49. The summed E-state index contributed by atoms with van der Waals surface area (Å²) in [7, 11) is 0. The topological polar surface area (TPSA) is 143 Å². The van der Waals surface area contributed by atoms with E-state index in [1.807, 2.05) is 24.3 Å². The molecule has 3 aliphatic heterocycles. The van der Waals surface area contributed by atoms with Crippen molar-refractivity contribution in [3.05, 3.63) is 52.6 Å². The van der Waals surface area contributed by atoms with Gasteiger partial charge in [-0.15, -0.1) is 12.4 Å². The van der Waals surface area contributed by atoms with Crippen molar-refractivity contribution in [2.24, 2.45) is 11.5 Å². The van der Waals surface area contributed by atoms with Crippen molar-refractivity contribution in [3.63, 3.8) is 0 Å². The number of likely N-dealkylation sites (tertiary alicyclic amines) is 3. The van der Waals surface area contributed by atoms with Gasteiger partial charge in [0, 0.05) is 31.9 Å². The van der Waals surface area contributed by atoms with Crippen LogP contribution in [0.2, 0.25) is 0 Å². The zero-order valence-corrected chi connectivity index (χ0v) is 22.7. The minimum atomic E-state index is -0.937. The molecule has 3 saturated heterocycles. The first-order chi connectivity index (χ1) is 17.6. The molecule has 5 N–H and O–H groups in total. The van der Waals surface area contributed by atoms with Crippen molar-refractivity contribution in [3.8, 4) is 5.69 Å². The standard InChI is InChI=1S/C26H36N8O3.ClH/c1-26(2,28)23(35)33-15-21-13-20(33)16-34(21)25(37)30-22-9-12-32(24(36)29-22)19-5-3-17(4-6-19)14-31-10-7-18(27)8-11-31;/h3-6,9,12,18,20-21H,7-8,10-11,13-16,27-28H2,1-2H3,(H,29,30,36,37);1H/t20-,21-;/m1./s1. The Balaban J connectivity index is 0.00000336. The summed E-state index contributed by atoms with van der Waals surface area (Å²) in [5.74, 6) is 0.0968. The van der Waals surface area contributed by atoms with Gasteiger partial charge in [0.1, 0.15) is 5.82 Å². The van der Waals surface area contributed by atoms with Crippen LogP contribution in [0.1, 0.15) is 38.7 Å². The molecule has 3 amide bonds. The van der Waals surface area contributed by atoms with Crippen LogP contribution in [0.3, 0.4) is 0 Å². The molecule has 0 unspecified atom stereocenters. The molecule has 3 fully saturated rings. The quantitative estimate of drug-likeness (QED) is 0.512. The van der Waals surface area contributed by atoms with Gasteiger partial charge < -0.3 is 21.3 Å². The van der Waals surface area contributed by atoms with E-state index in [4.69, 9.17) is 11.5 Å². The number of piperazine rings is 1. The number of fused-ring (bicyclic) bond motifs is 2. The molecule has 2 atom stereocenters. The van der Waals surface area contributed by atoms with Gasteiger partial charge in [0.05, 0.1) is 23.3 Å². The fourth-order valence-electron chi connectivity index (χ4n) is 5.52. The number of urea groups is 1. The van der Waals surface area contributed by atoms with Gasteiger partial charge in [0.25, 0.3) is 0 Å². The number of anilines is 1. The molecule has 0 aliphatic carbocycles. The molecule has 5 rings (SSSR count). The third-order valence-electron chi connectivity index (χ3n) is 7.61. The summed E-state index contributed by atoms with van der Waals surface area (Å²) in [5.41, 5.74) is 12.5. The third-order valence-corrected chi connectivity index (χ3v) is 7.61. The van der Waals surface area contributed by atoms with Gasteiger partial charge in [-0.2, -0.15) is 4.98 Å². The molecule has 1 aromatic heterocycles. The zero-order valence-electron chi connectivity index (χ0n) is 21.9. The van der Waals surface area contributed by atoms with Crippen molar-refractivity contribution in [1.29, 1.82) is 0 Å². The minimum Gasteiger partial charge on any atom is -0.334 e. The fourth-order valence-corrected chi connectivity index (χ4v) is 5.52. The van der Waals surface area contributed by atoms with Crippen LogP contribution in [-0.4, -0.2) is 86.0 Å². The van der Waals surface area contributed by atoms with E-state index in [1.54, 1.807) is 35.9 Å². The SMILES string of the molecule is CC(C)(N)C(=O)N1C[C@H]2C[C@@H]1CN2C(=O)Nc1ccn(-c2ccc(CN3CCC(N)CC3)cc2)c(=O)n1.Cl. The number of carbonyl (C=O) groups is 2. The Labute approximate surface area is 228 Å². The maximum absolute atomic E-state index is 12.9. The minimum absolute atomic E-state index is 0. The van der Waals surface area contributed by atoms with Gasteiger partial charge in [0.15, 0.2) is 0 Å². The van der Waals surface area contributed by atoms with Gasteiger partial charge in [-0.1, -0.05) is 12.1 Å². The van der Waals surface area contributed by atoms with Crippen LogP contribution < -0.4 is 22.5 Å². The Hall–Kier alpha value is -2.99. The number of aromatic nitrogens is 2. The molecule has 0 radical (unpaired) electrons. The number of hydrogen-bond donors (Lipinski definition) is 3. The Bertz CT molecular complexity index is 1220. The van der Waals surface area contributed by atoms with E-state index in [-0.39, 0.29) is 42.2 Å². The van der Waals surface area contributed by atoms with Crippen LogP contribution in [0.15, 0.2) is 41.3 Å². The second-order valence-corrected chi connectivity index (χ2v) is 11.1. The number of nitrogens with two attached hydrogens (primary N) is 2. The highest BCUT2D eigenvalue weighted by Crippen LogP contribution is 2.32. The number of nitrogens with one attached hydrogen (secondary N) is 1. The van der Waals surface area contributed by atoms with E-state index < -0.39 is 11.2 Å². The number of rotatable bonds is 5. The normalized spacial score (nSPS) is 21.9. The van der Waals surface area contributed by atoms with E-state index in [2.05, 4.69) is 15.2 Å². The van der Waals surface area contributed by atoms with E-state index in [0.29, 0.717) is 24.8 Å². The van der Waals surface area contributed by atoms with E-state index >= 15 is 0 Å². The summed E-state index contributed by atoms with van der Waals surface area (Å²) < 4.78 is 1.45. The van der Waals surface area contributed by atoms with E-state index in [0.717, 1.165) is 38.9 Å². The molecule has 3 aliphatic rings. The second kappa shape index (κ2) is 11.0. The average Bonchev–Trinajstić information content (AvgIpc) is 3.47. The summed E-state index contributed by atoms with van der Waals surface area (Å²) in [4.78, 5) is 48.1. The van der Waals surface area contributed by atoms with Crippen LogP contribution in [0.5, 0.6) is 0 Å². The van der Waals surface area contributed by atoms with Crippen molar-refractivity contribution in [1.82, 2.24) is 24.3 Å². The zero-order chi connectivity index (χ0) is 26.3. The van der Waals surface area contributed by atoms with Crippen LogP contribution in [-0.2, 0) is 11.3 Å². The lowest BCUT2D eigenvalue weighted by Gasteiger charge is -2.37. The van der Waals surface area contributed by atoms with Crippen LogP contribution >= 0.6 is 12.4 Å². The molecule has 2 aromatic rings. The van der Waals surface area contributed by atoms with Gasteiger partial charge in [-0.05, 0) is 70.0 Å². The molecule has 206 valence electrons. The van der Waals surface area contributed by atoms with Crippen molar-refractivity contribution in [2.45, 2.75) is 63.3 Å². The summed E-state index contributed by atoms with van der Waals surface area (Å²) >= 11 is 0. The average molecular weight is 545 g/mol. The number of halogens is 1. The summed E-state index contributed by atoms with van der Waals surface area (Å²) in [6, 6.07) is 9.35. The van der Waals surface area contributed by atoms with Gasteiger partial charge >= 0.3 is 11.7 Å². The molecular weight excluding hydrogens is 508 g/mol. The molecule has 12 heteroatoms. The number of carbonyl (C=O) groups excluding carboxylic acids is 2. The molecular formula is C26H37ClN8O3. The molecule has 0 saturated carbocycles. The van der Waals surface area contributed by atoms with Crippen molar-refractivity contribution < 1.29 is 9.59 Å². The lowest BCUT2D eigenvalue weighted by atomic mass is 10.0. The highest BCUT2D eigenvalue weighted by molar-refractivity contribution is 5.90. The van der Waals surface area contributed by atoms with Crippen LogP contribution in [0.25, 0.3) is 5.69 Å². The predicted molar refractivity (Wildman–Crippen MR) is 147 cm³/mol. The lowest BCUT2D eigenvalue weighted by Crippen LogP contribution is -2.58. The van der Waals surface area contributed by atoms with Gasteiger partial charge in [0.2, 0.25) is 5.91 Å². The summed E-state index contributed by atoms with van der Waals surface area (Å²) in [6.45, 7) is 7.15. The summed E-state index contributed by atoms with van der Waals surface area (Å²) in [5, 5.41) is 2.74. The number of hydrogen-bond acceptors (Lipinski definition) is 7. The monoisotopic (exact) mass is 544 g/mol. The first-order valence-electron chi connectivity index (χ1n) is 12.9. The van der Waals surface area contributed by atoms with Crippen molar-refractivity contribution in [2.75, 3.05) is 31.5 Å². The third kappa shape index (κ3) is 5.85. The first kappa shape index (κ1) is 28.0. The predicted octanol–water partition coefficient (Wildman–Crippen LogP) is 1.13. The molecule has 1 aromatic carbocycles. The lowest BCUT2D eigenvalue weighted by molar-refractivity contribution is -0.137.